The summed E-state index contributed by atoms with van der Waals surface area (Å²) >= 11 is 0. The Bertz CT molecular complexity index is 1170. The number of hydrogen-bond acceptors (Lipinski definition) is 4. The highest BCUT2D eigenvalue weighted by atomic mass is 16.5. The molecule has 0 saturated carbocycles. The normalized spacial score (nSPS) is 11.3. The van der Waals surface area contributed by atoms with E-state index in [4.69, 9.17) is 4.74 Å². The Balaban J connectivity index is 1.76. The van der Waals surface area contributed by atoms with Gasteiger partial charge in [-0.1, -0.05) is 82.1 Å². The molecule has 4 heteroatoms. The molecule has 4 nitrogen and oxygen atoms in total. The van der Waals surface area contributed by atoms with Gasteiger partial charge in [0.1, 0.15) is 11.3 Å². The van der Waals surface area contributed by atoms with E-state index < -0.39 is 5.97 Å². The second-order valence-electron chi connectivity index (χ2n) is 9.09. The number of phenols is 1. The minimum atomic E-state index is -0.557. The van der Waals surface area contributed by atoms with Crippen LogP contribution in [0.25, 0.3) is 0 Å². The van der Waals surface area contributed by atoms with Crippen molar-refractivity contribution in [2.24, 2.45) is 0 Å². The summed E-state index contributed by atoms with van der Waals surface area (Å²) in [5, 5.41) is 13.6. The SMILES string of the molecule is CCCCCCC(Nc1ccc(O)c(C(=O)OC)c1)c1ccc(C#Cc2ccc(CCC)cc2)cc1. The highest BCUT2D eigenvalue weighted by Crippen LogP contribution is 2.29. The van der Waals surface area contributed by atoms with Crippen LogP contribution in [0.2, 0.25) is 0 Å². The molecule has 3 aromatic rings. The van der Waals surface area contributed by atoms with Gasteiger partial charge in [0, 0.05) is 16.8 Å². The van der Waals surface area contributed by atoms with Crippen LogP contribution in [0.3, 0.4) is 0 Å². The number of methoxy groups -OCH3 is 1. The van der Waals surface area contributed by atoms with Gasteiger partial charge in [-0.2, -0.15) is 0 Å². The molecule has 0 aliphatic carbocycles. The minimum Gasteiger partial charge on any atom is -0.507 e. The van der Waals surface area contributed by atoms with Crippen LogP contribution in [0.5, 0.6) is 5.75 Å². The van der Waals surface area contributed by atoms with Crippen LogP contribution < -0.4 is 5.32 Å². The first kappa shape index (κ1) is 26.9. The number of carbonyl (C=O) groups excluding carboxylic acids is 1. The molecule has 2 N–H and O–H groups in total. The van der Waals surface area contributed by atoms with E-state index in [1.807, 2.05) is 0 Å². The van der Waals surface area contributed by atoms with E-state index in [2.05, 4.69) is 79.5 Å². The van der Waals surface area contributed by atoms with E-state index in [1.165, 1.54) is 38.0 Å². The number of aromatic hydroxyl groups is 1. The molecule has 0 bridgehead atoms. The van der Waals surface area contributed by atoms with Crippen LogP contribution in [0.1, 0.15) is 91.0 Å². The Morgan fingerprint density at radius 1 is 0.889 bits per heavy atom. The Morgan fingerprint density at radius 3 is 2.17 bits per heavy atom. The Hall–Kier alpha value is -3.71. The lowest BCUT2D eigenvalue weighted by Crippen LogP contribution is -2.12. The lowest BCUT2D eigenvalue weighted by Gasteiger charge is -2.21. The predicted octanol–water partition coefficient (Wildman–Crippen LogP) is 7.65. The summed E-state index contributed by atoms with van der Waals surface area (Å²) in [6.07, 6.45) is 7.88. The molecule has 1 atom stereocenters. The van der Waals surface area contributed by atoms with Gasteiger partial charge in [-0.05, 0) is 66.4 Å². The molecule has 0 saturated heterocycles. The number of rotatable bonds is 11. The smallest absolute Gasteiger partial charge is 0.341 e. The summed E-state index contributed by atoms with van der Waals surface area (Å²) in [6.45, 7) is 4.40. The summed E-state index contributed by atoms with van der Waals surface area (Å²) in [7, 11) is 1.31. The standard InChI is InChI=1S/C32H37NO3/c1-4-6-7-8-10-30(33-28-21-22-31(34)29(23-28)32(35)36-3)27-19-17-26(18-20-27)16-15-25-13-11-24(9-5-2)12-14-25/h11-14,17-23,30,33-34H,4-10H2,1-3H3. The van der Waals surface area contributed by atoms with Crippen molar-refractivity contribution >= 4 is 11.7 Å². The van der Waals surface area contributed by atoms with Crippen molar-refractivity contribution in [1.82, 2.24) is 0 Å². The Kier molecular flexibility index (Phi) is 10.5. The molecule has 1 unspecified atom stereocenters. The van der Waals surface area contributed by atoms with Crippen LogP contribution in [0, 0.1) is 11.8 Å². The molecule has 0 aliphatic heterocycles. The summed E-state index contributed by atoms with van der Waals surface area (Å²) in [5.41, 5.74) is 5.41. The first-order chi connectivity index (χ1) is 17.5. The zero-order chi connectivity index (χ0) is 25.8. The zero-order valence-electron chi connectivity index (χ0n) is 21.6. The first-order valence-corrected chi connectivity index (χ1v) is 12.9. The van der Waals surface area contributed by atoms with Crippen LogP contribution in [-0.2, 0) is 11.2 Å². The summed E-state index contributed by atoms with van der Waals surface area (Å²) in [4.78, 5) is 12.0. The van der Waals surface area contributed by atoms with Gasteiger partial charge in [0.15, 0.2) is 0 Å². The third-order valence-corrected chi connectivity index (χ3v) is 6.25. The third kappa shape index (κ3) is 7.92. The number of aryl methyl sites for hydroxylation is 1. The van der Waals surface area contributed by atoms with Crippen molar-refractivity contribution in [3.05, 3.63) is 94.5 Å². The van der Waals surface area contributed by atoms with E-state index in [0.29, 0.717) is 0 Å². The zero-order valence-corrected chi connectivity index (χ0v) is 21.6. The average molecular weight is 484 g/mol. The van der Waals surface area contributed by atoms with Gasteiger partial charge < -0.3 is 15.2 Å². The van der Waals surface area contributed by atoms with Crippen molar-refractivity contribution < 1.29 is 14.6 Å². The van der Waals surface area contributed by atoms with E-state index in [0.717, 1.165) is 48.1 Å². The summed E-state index contributed by atoms with van der Waals surface area (Å²) in [5.74, 6) is 5.89. The molecule has 0 aromatic heterocycles. The molecule has 0 fully saturated rings. The van der Waals surface area contributed by atoms with Gasteiger partial charge in [-0.3, -0.25) is 0 Å². The average Bonchev–Trinajstić information content (AvgIpc) is 2.91. The van der Waals surface area contributed by atoms with Crippen molar-refractivity contribution in [2.75, 3.05) is 12.4 Å². The molecule has 3 rings (SSSR count). The van der Waals surface area contributed by atoms with Crippen LogP contribution >= 0.6 is 0 Å². The van der Waals surface area contributed by atoms with E-state index >= 15 is 0 Å². The molecule has 0 radical (unpaired) electrons. The molecule has 36 heavy (non-hydrogen) atoms. The number of hydrogen-bond donors (Lipinski definition) is 2. The Morgan fingerprint density at radius 2 is 1.56 bits per heavy atom. The summed E-state index contributed by atoms with van der Waals surface area (Å²) < 4.78 is 4.80. The molecular formula is C32H37NO3. The molecule has 0 spiro atoms. The summed E-state index contributed by atoms with van der Waals surface area (Å²) in [6, 6.07) is 21.9. The van der Waals surface area contributed by atoms with Gasteiger partial charge >= 0.3 is 5.97 Å². The maximum Gasteiger partial charge on any atom is 0.341 e. The predicted molar refractivity (Wildman–Crippen MR) is 147 cm³/mol. The molecule has 188 valence electrons. The minimum absolute atomic E-state index is 0.0741. The Labute approximate surface area is 215 Å². The van der Waals surface area contributed by atoms with E-state index in [1.54, 1.807) is 12.1 Å². The highest BCUT2D eigenvalue weighted by molar-refractivity contribution is 5.93. The number of carbonyl (C=O) groups is 1. The maximum atomic E-state index is 12.0. The first-order valence-electron chi connectivity index (χ1n) is 12.9. The van der Waals surface area contributed by atoms with Gasteiger partial charge in [0.05, 0.1) is 13.2 Å². The van der Waals surface area contributed by atoms with Gasteiger partial charge in [0.2, 0.25) is 0 Å². The van der Waals surface area contributed by atoms with Crippen LogP contribution in [0.15, 0.2) is 66.7 Å². The fraction of sp³-hybridized carbons (Fsp3) is 0.344. The molecule has 0 aliphatic rings. The maximum absolute atomic E-state index is 12.0. The fourth-order valence-corrected chi connectivity index (χ4v) is 4.18. The van der Waals surface area contributed by atoms with Crippen molar-refractivity contribution in [3.8, 4) is 17.6 Å². The molecular weight excluding hydrogens is 446 g/mol. The van der Waals surface area contributed by atoms with Crippen molar-refractivity contribution in [3.63, 3.8) is 0 Å². The number of unbranched alkanes of at least 4 members (excludes halogenated alkanes) is 3. The lowest BCUT2D eigenvalue weighted by atomic mass is 9.98. The van der Waals surface area contributed by atoms with Crippen LogP contribution in [0.4, 0.5) is 5.69 Å². The quantitative estimate of drug-likeness (QED) is 0.127. The van der Waals surface area contributed by atoms with Crippen LogP contribution in [-0.4, -0.2) is 18.2 Å². The number of phenolic OH excluding ortho intramolecular Hbond substituents is 1. The second-order valence-corrected chi connectivity index (χ2v) is 9.09. The fourth-order valence-electron chi connectivity index (χ4n) is 4.18. The molecule has 0 heterocycles. The number of benzene rings is 3. The number of esters is 1. The molecule has 0 amide bonds. The van der Waals surface area contributed by atoms with Crippen molar-refractivity contribution in [1.29, 1.82) is 0 Å². The topological polar surface area (TPSA) is 58.6 Å². The van der Waals surface area contributed by atoms with Gasteiger partial charge in [-0.15, -0.1) is 0 Å². The second kappa shape index (κ2) is 14.0. The van der Waals surface area contributed by atoms with E-state index in [9.17, 15) is 9.90 Å². The monoisotopic (exact) mass is 483 g/mol. The van der Waals surface area contributed by atoms with Gasteiger partial charge in [-0.25, -0.2) is 4.79 Å². The van der Waals surface area contributed by atoms with Gasteiger partial charge in [0.25, 0.3) is 0 Å². The number of ether oxygens (including phenoxy) is 1. The molecule has 3 aromatic carbocycles. The lowest BCUT2D eigenvalue weighted by molar-refractivity contribution is 0.0597. The third-order valence-electron chi connectivity index (χ3n) is 6.25. The van der Waals surface area contributed by atoms with Crippen molar-refractivity contribution in [2.45, 2.75) is 64.8 Å². The highest BCUT2D eigenvalue weighted by Gasteiger charge is 2.16. The number of nitrogens with one attached hydrogen (secondary N) is 1. The largest absolute Gasteiger partial charge is 0.507 e. The number of anilines is 1. The van der Waals surface area contributed by atoms with E-state index in [-0.39, 0.29) is 17.4 Å².